The van der Waals surface area contributed by atoms with E-state index >= 15 is 0 Å². The van der Waals surface area contributed by atoms with E-state index in [4.69, 9.17) is 5.11 Å². The van der Waals surface area contributed by atoms with Crippen molar-refractivity contribution in [3.63, 3.8) is 0 Å². The maximum Gasteiger partial charge on any atom is 0.304 e. The molecule has 0 saturated heterocycles. The number of benzene rings is 1. The Morgan fingerprint density at radius 2 is 2.10 bits per heavy atom. The number of rotatable bonds is 4. The lowest BCUT2D eigenvalue weighted by molar-refractivity contribution is -0.146. The van der Waals surface area contributed by atoms with Crippen molar-refractivity contribution in [3.8, 4) is 0 Å². The minimum atomic E-state index is -1.08. The summed E-state index contributed by atoms with van der Waals surface area (Å²) in [6, 6.07) is 3.96. The van der Waals surface area contributed by atoms with Crippen molar-refractivity contribution in [2.45, 2.75) is 26.4 Å². The van der Waals surface area contributed by atoms with E-state index in [0.29, 0.717) is 13.1 Å². The molecule has 1 aliphatic rings. The van der Waals surface area contributed by atoms with Crippen LogP contribution >= 0.6 is 15.9 Å². The Hall–Kier alpha value is -1.40. The van der Waals surface area contributed by atoms with Crippen molar-refractivity contribution in [1.29, 1.82) is 0 Å². The van der Waals surface area contributed by atoms with E-state index in [0.717, 1.165) is 21.2 Å². The summed E-state index contributed by atoms with van der Waals surface area (Å²) in [7, 11) is 0. The summed E-state index contributed by atoms with van der Waals surface area (Å²) >= 11 is 3.52. The fourth-order valence-corrected chi connectivity index (χ4v) is 2.92. The van der Waals surface area contributed by atoms with E-state index < -0.39 is 18.5 Å². The monoisotopic (exact) mass is 341 g/mol. The summed E-state index contributed by atoms with van der Waals surface area (Å²) in [6.07, 6.45) is -0.345. The molecule has 2 N–H and O–H groups in total. The SMILES string of the molecule is Cc1ccc2c(c1Br)CN(C(=O)C(CO)CC(=O)O)C2. The van der Waals surface area contributed by atoms with Gasteiger partial charge in [-0.3, -0.25) is 9.59 Å². The van der Waals surface area contributed by atoms with Gasteiger partial charge >= 0.3 is 5.97 Å². The molecule has 1 aromatic carbocycles. The number of aryl methyl sites for hydroxylation is 1. The summed E-state index contributed by atoms with van der Waals surface area (Å²) in [5, 5.41) is 18.0. The van der Waals surface area contributed by atoms with E-state index in [1.54, 1.807) is 4.90 Å². The molecule has 1 heterocycles. The molecule has 1 aliphatic heterocycles. The first-order valence-electron chi connectivity index (χ1n) is 6.32. The molecular weight excluding hydrogens is 326 g/mol. The van der Waals surface area contributed by atoms with Crippen LogP contribution in [-0.4, -0.2) is 33.6 Å². The third-order valence-electron chi connectivity index (χ3n) is 3.55. The van der Waals surface area contributed by atoms with Gasteiger partial charge in [0.05, 0.1) is 18.9 Å². The second-order valence-corrected chi connectivity index (χ2v) is 5.80. The Morgan fingerprint density at radius 1 is 1.40 bits per heavy atom. The van der Waals surface area contributed by atoms with Crippen LogP contribution < -0.4 is 0 Å². The predicted octanol–water partition coefficient (Wildman–Crippen LogP) is 1.68. The van der Waals surface area contributed by atoms with Gasteiger partial charge in [0.25, 0.3) is 0 Å². The minimum Gasteiger partial charge on any atom is -0.481 e. The van der Waals surface area contributed by atoms with E-state index in [9.17, 15) is 14.7 Å². The van der Waals surface area contributed by atoms with Crippen LogP contribution in [0.2, 0.25) is 0 Å². The van der Waals surface area contributed by atoms with Crippen molar-refractivity contribution < 1.29 is 19.8 Å². The second-order valence-electron chi connectivity index (χ2n) is 5.01. The number of carboxylic acid groups (broad SMARTS) is 1. The van der Waals surface area contributed by atoms with Crippen molar-refractivity contribution in [1.82, 2.24) is 4.90 Å². The lowest BCUT2D eigenvalue weighted by atomic mass is 10.1. The molecule has 1 atom stereocenters. The summed E-state index contributed by atoms with van der Waals surface area (Å²) in [6.45, 7) is 2.45. The van der Waals surface area contributed by atoms with Crippen molar-refractivity contribution >= 4 is 27.8 Å². The second kappa shape index (κ2) is 5.93. The highest BCUT2D eigenvalue weighted by Gasteiger charge is 2.31. The first-order chi connectivity index (χ1) is 9.43. The third-order valence-corrected chi connectivity index (χ3v) is 4.65. The van der Waals surface area contributed by atoms with Gasteiger partial charge in [-0.1, -0.05) is 28.1 Å². The van der Waals surface area contributed by atoms with Crippen LogP contribution in [0.5, 0.6) is 0 Å². The molecule has 0 aliphatic carbocycles. The third kappa shape index (κ3) is 2.86. The van der Waals surface area contributed by atoms with Gasteiger partial charge in [0.1, 0.15) is 0 Å². The number of nitrogens with zero attached hydrogens (tertiary/aromatic N) is 1. The van der Waals surface area contributed by atoms with Gasteiger partial charge in [-0.15, -0.1) is 0 Å². The summed E-state index contributed by atoms with van der Waals surface area (Å²) < 4.78 is 0.990. The summed E-state index contributed by atoms with van der Waals surface area (Å²) in [5.74, 6) is -2.26. The maximum absolute atomic E-state index is 12.3. The predicted molar refractivity (Wildman–Crippen MR) is 76.0 cm³/mol. The number of hydrogen-bond donors (Lipinski definition) is 2. The van der Waals surface area contributed by atoms with Gasteiger partial charge in [0.15, 0.2) is 0 Å². The molecule has 0 bridgehead atoms. The maximum atomic E-state index is 12.3. The van der Waals surface area contributed by atoms with Crippen LogP contribution in [0, 0.1) is 12.8 Å². The molecule has 20 heavy (non-hydrogen) atoms. The van der Waals surface area contributed by atoms with Gasteiger partial charge in [0, 0.05) is 17.6 Å². The molecule has 0 aromatic heterocycles. The number of carboxylic acids is 1. The van der Waals surface area contributed by atoms with E-state index in [1.807, 2.05) is 19.1 Å². The zero-order valence-electron chi connectivity index (χ0n) is 11.1. The smallest absolute Gasteiger partial charge is 0.304 e. The normalized spacial score (nSPS) is 15.1. The average Bonchev–Trinajstić information content (AvgIpc) is 2.84. The number of fused-ring (bicyclic) bond motifs is 1. The zero-order valence-corrected chi connectivity index (χ0v) is 12.7. The minimum absolute atomic E-state index is 0.310. The number of carbonyl (C=O) groups is 2. The average molecular weight is 342 g/mol. The molecule has 2 rings (SSSR count). The zero-order chi connectivity index (χ0) is 14.9. The van der Waals surface area contributed by atoms with Gasteiger partial charge in [-0.25, -0.2) is 0 Å². The summed E-state index contributed by atoms with van der Waals surface area (Å²) in [5.41, 5.74) is 3.22. The Kier molecular flexibility index (Phi) is 4.45. The lowest BCUT2D eigenvalue weighted by Crippen LogP contribution is -2.35. The standard InChI is InChI=1S/C14H16BrNO4/c1-8-2-3-9-5-16(6-11(9)13(8)15)14(20)10(7-17)4-12(18)19/h2-3,10,17H,4-7H2,1H3,(H,18,19). The quantitative estimate of drug-likeness (QED) is 0.873. The molecule has 0 radical (unpaired) electrons. The number of aliphatic hydroxyl groups excluding tert-OH is 1. The molecule has 0 fully saturated rings. The number of hydrogen-bond acceptors (Lipinski definition) is 3. The van der Waals surface area contributed by atoms with Crippen LogP contribution in [0.15, 0.2) is 16.6 Å². The first-order valence-corrected chi connectivity index (χ1v) is 7.11. The highest BCUT2D eigenvalue weighted by Crippen LogP contribution is 2.32. The van der Waals surface area contributed by atoms with Crippen LogP contribution in [0.4, 0.5) is 0 Å². The van der Waals surface area contributed by atoms with E-state index in [2.05, 4.69) is 15.9 Å². The van der Waals surface area contributed by atoms with Gasteiger partial charge < -0.3 is 15.1 Å². The molecular formula is C14H16BrNO4. The molecule has 6 heteroatoms. The molecule has 1 unspecified atom stereocenters. The van der Waals surface area contributed by atoms with E-state index in [-0.39, 0.29) is 12.3 Å². The molecule has 1 amide bonds. The highest BCUT2D eigenvalue weighted by molar-refractivity contribution is 9.10. The Labute approximate surface area is 125 Å². The number of carbonyl (C=O) groups excluding carboxylic acids is 1. The molecule has 0 saturated carbocycles. The molecule has 108 valence electrons. The van der Waals surface area contributed by atoms with Gasteiger partial charge in [0.2, 0.25) is 5.91 Å². The number of amides is 1. The lowest BCUT2D eigenvalue weighted by Gasteiger charge is -2.20. The fourth-order valence-electron chi connectivity index (χ4n) is 2.40. The fraction of sp³-hybridized carbons (Fsp3) is 0.429. The van der Waals surface area contributed by atoms with Crippen LogP contribution in [-0.2, 0) is 22.7 Å². The molecule has 0 spiro atoms. The Morgan fingerprint density at radius 3 is 2.70 bits per heavy atom. The first kappa shape index (κ1) is 15.0. The largest absolute Gasteiger partial charge is 0.481 e. The van der Waals surface area contributed by atoms with Gasteiger partial charge in [-0.05, 0) is 23.6 Å². The number of halogens is 1. The van der Waals surface area contributed by atoms with Crippen molar-refractivity contribution in [2.75, 3.05) is 6.61 Å². The molecule has 1 aromatic rings. The summed E-state index contributed by atoms with van der Waals surface area (Å²) in [4.78, 5) is 24.6. The van der Waals surface area contributed by atoms with Crippen molar-refractivity contribution in [3.05, 3.63) is 33.3 Å². The van der Waals surface area contributed by atoms with Crippen molar-refractivity contribution in [2.24, 2.45) is 5.92 Å². The number of aliphatic carboxylic acids is 1. The highest BCUT2D eigenvalue weighted by atomic mass is 79.9. The van der Waals surface area contributed by atoms with Crippen LogP contribution in [0.1, 0.15) is 23.1 Å². The topological polar surface area (TPSA) is 77.8 Å². The number of aliphatic hydroxyl groups is 1. The molecule has 5 nitrogen and oxygen atoms in total. The van der Waals surface area contributed by atoms with E-state index in [1.165, 1.54) is 0 Å². The Bertz CT molecular complexity index is 558. The van der Waals surface area contributed by atoms with Crippen LogP contribution in [0.3, 0.4) is 0 Å². The van der Waals surface area contributed by atoms with Gasteiger partial charge in [-0.2, -0.15) is 0 Å². The van der Waals surface area contributed by atoms with Crippen LogP contribution in [0.25, 0.3) is 0 Å². The Balaban J connectivity index is 2.16.